The topological polar surface area (TPSA) is 205 Å². The number of methoxy groups -OCH3 is 1. The Morgan fingerprint density at radius 3 is 2.62 bits per heavy atom. The third-order valence-corrected chi connectivity index (χ3v) is 6.14. The molecule has 1 amide bonds. The molecule has 1 atom stereocenters. The van der Waals surface area contributed by atoms with E-state index >= 15 is 0 Å². The molecule has 0 aliphatic rings. The fourth-order valence-electron chi connectivity index (χ4n) is 3.24. The van der Waals surface area contributed by atoms with Gasteiger partial charge in [-0.2, -0.15) is 0 Å². The predicted molar refractivity (Wildman–Crippen MR) is 133 cm³/mol. The highest BCUT2D eigenvalue weighted by Crippen LogP contribution is 2.19. The zero-order valence-electron chi connectivity index (χ0n) is 19.8. The molecular formula is C22H27FN6O7S. The Labute approximate surface area is 211 Å². The number of aliphatic imine (C=N–C) groups is 1. The second-order valence-corrected chi connectivity index (χ2v) is 9.45. The number of aldehydes is 1. The van der Waals surface area contributed by atoms with E-state index in [9.17, 15) is 32.0 Å². The molecule has 15 heteroatoms. The Morgan fingerprint density at radius 2 is 1.97 bits per heavy atom. The second-order valence-electron chi connectivity index (χ2n) is 7.73. The van der Waals surface area contributed by atoms with Gasteiger partial charge in [-0.1, -0.05) is 6.07 Å². The van der Waals surface area contributed by atoms with Crippen molar-refractivity contribution < 1.29 is 31.9 Å². The zero-order chi connectivity index (χ0) is 27.6. The lowest BCUT2D eigenvalue weighted by molar-refractivity contribution is -0.124. The maximum atomic E-state index is 14.3. The van der Waals surface area contributed by atoms with Crippen LogP contribution in [0.2, 0.25) is 0 Å². The van der Waals surface area contributed by atoms with Gasteiger partial charge >= 0.3 is 5.97 Å². The van der Waals surface area contributed by atoms with E-state index in [-0.39, 0.29) is 24.5 Å². The third kappa shape index (κ3) is 8.71. The van der Waals surface area contributed by atoms with Crippen LogP contribution in [0.15, 0.2) is 46.3 Å². The first kappa shape index (κ1) is 29.0. The highest BCUT2D eigenvalue weighted by molar-refractivity contribution is 7.91. The summed E-state index contributed by atoms with van der Waals surface area (Å²) in [5, 5.41) is 2.46. The molecule has 37 heavy (non-hydrogen) atoms. The number of pyridine rings is 1. The molecule has 1 aromatic heterocycles. The van der Waals surface area contributed by atoms with Crippen molar-refractivity contribution in [1.82, 2.24) is 9.88 Å². The number of carbonyl (C=O) groups excluding carboxylic acids is 3. The van der Waals surface area contributed by atoms with Crippen molar-refractivity contribution in [1.29, 1.82) is 0 Å². The van der Waals surface area contributed by atoms with E-state index in [1.54, 1.807) is 0 Å². The summed E-state index contributed by atoms with van der Waals surface area (Å²) in [6.07, 6.45) is 2.45. The summed E-state index contributed by atoms with van der Waals surface area (Å²) < 4.78 is 47.3. The van der Waals surface area contributed by atoms with E-state index < -0.39 is 62.9 Å². The number of halogens is 1. The quantitative estimate of drug-likeness (QED) is 0.0848. The molecule has 1 aromatic carbocycles. The molecule has 0 aliphatic heterocycles. The van der Waals surface area contributed by atoms with E-state index in [0.717, 1.165) is 23.8 Å². The van der Waals surface area contributed by atoms with Gasteiger partial charge in [0.2, 0.25) is 15.9 Å². The molecule has 0 saturated heterocycles. The molecule has 2 aromatic rings. The molecule has 6 N–H and O–H groups in total. The number of amides is 1. The van der Waals surface area contributed by atoms with Crippen molar-refractivity contribution in [3.8, 4) is 0 Å². The van der Waals surface area contributed by atoms with Crippen molar-refractivity contribution in [2.24, 2.45) is 16.5 Å². The number of ether oxygens (including phenoxy) is 1. The SMILES string of the molecule is COC(=O)c1cccc(F)c1CS(=O)(=O)Nc1cccn(CC(=O)NC(C=O)CCCN=C(N)N)c1=O. The standard InChI is InChI=1S/C22H27FN6O7S/c1-36-21(33)15-6-2-7-17(23)16(15)13-37(34,35)28-18-8-4-10-29(20(18)32)11-19(31)27-14(12-30)5-3-9-26-22(24)25/h2,4,6-8,10,12,14,28H,3,5,9,11,13H2,1H3,(H,27,31)(H4,24,25,26). The first-order chi connectivity index (χ1) is 17.5. The Kier molecular flexibility index (Phi) is 10.3. The normalized spacial score (nSPS) is 11.7. The number of aromatic nitrogens is 1. The maximum Gasteiger partial charge on any atom is 0.338 e. The smallest absolute Gasteiger partial charge is 0.338 e. The number of carbonyl (C=O) groups is 3. The minimum Gasteiger partial charge on any atom is -0.465 e. The molecule has 2 rings (SSSR count). The van der Waals surface area contributed by atoms with Gasteiger partial charge < -0.3 is 30.9 Å². The summed E-state index contributed by atoms with van der Waals surface area (Å²) >= 11 is 0. The van der Waals surface area contributed by atoms with Crippen molar-refractivity contribution in [3.63, 3.8) is 0 Å². The van der Waals surface area contributed by atoms with Crippen molar-refractivity contribution in [2.75, 3.05) is 18.4 Å². The summed E-state index contributed by atoms with van der Waals surface area (Å²) in [5.74, 6) is -3.60. The highest BCUT2D eigenvalue weighted by Gasteiger charge is 2.23. The number of anilines is 1. The molecule has 0 saturated carbocycles. The molecular weight excluding hydrogens is 511 g/mol. The van der Waals surface area contributed by atoms with Gasteiger partial charge in [0.05, 0.1) is 24.5 Å². The van der Waals surface area contributed by atoms with Gasteiger partial charge in [-0.3, -0.25) is 19.3 Å². The molecule has 200 valence electrons. The van der Waals surface area contributed by atoms with Crippen molar-refractivity contribution in [2.45, 2.75) is 31.2 Å². The summed E-state index contributed by atoms with van der Waals surface area (Å²) in [6, 6.07) is 5.06. The fourth-order valence-corrected chi connectivity index (χ4v) is 4.48. The lowest BCUT2D eigenvalue weighted by atomic mass is 10.1. The Morgan fingerprint density at radius 1 is 1.24 bits per heavy atom. The number of hydrogen-bond acceptors (Lipinski definition) is 8. The largest absolute Gasteiger partial charge is 0.465 e. The van der Waals surface area contributed by atoms with Gasteiger partial charge in [0.25, 0.3) is 5.56 Å². The van der Waals surface area contributed by atoms with Gasteiger partial charge in [0.1, 0.15) is 24.3 Å². The second kappa shape index (κ2) is 13.2. The molecule has 1 unspecified atom stereocenters. The first-order valence-corrected chi connectivity index (χ1v) is 12.5. The lowest BCUT2D eigenvalue weighted by Crippen LogP contribution is -2.40. The zero-order valence-corrected chi connectivity index (χ0v) is 20.7. The van der Waals surface area contributed by atoms with Crippen LogP contribution in [0.1, 0.15) is 28.8 Å². The number of guanidine groups is 1. The van der Waals surface area contributed by atoms with Gasteiger partial charge in [0.15, 0.2) is 5.96 Å². The van der Waals surface area contributed by atoms with Crippen molar-refractivity contribution in [3.05, 3.63) is 63.8 Å². The monoisotopic (exact) mass is 538 g/mol. The van der Waals surface area contributed by atoms with Gasteiger partial charge in [0, 0.05) is 18.3 Å². The van der Waals surface area contributed by atoms with Crippen LogP contribution in [0.25, 0.3) is 0 Å². The van der Waals surface area contributed by atoms with E-state index in [0.29, 0.717) is 12.7 Å². The number of esters is 1. The minimum absolute atomic E-state index is 0.0978. The fraction of sp³-hybridized carbons (Fsp3) is 0.318. The Bertz CT molecular complexity index is 1340. The van der Waals surface area contributed by atoms with E-state index in [1.165, 1.54) is 24.4 Å². The average molecular weight is 539 g/mol. The number of hydrogen-bond donors (Lipinski definition) is 4. The van der Waals surface area contributed by atoms with Crippen LogP contribution in [0.4, 0.5) is 10.1 Å². The summed E-state index contributed by atoms with van der Waals surface area (Å²) in [4.78, 5) is 52.0. The Balaban J connectivity index is 2.13. The number of sulfonamides is 1. The van der Waals surface area contributed by atoms with E-state index in [2.05, 4.69) is 19.8 Å². The maximum absolute atomic E-state index is 14.3. The predicted octanol–water partition coefficient (Wildman–Crippen LogP) is -0.547. The number of rotatable bonds is 13. The number of nitrogens with two attached hydrogens (primary N) is 2. The molecule has 0 radical (unpaired) electrons. The van der Waals surface area contributed by atoms with Crippen LogP contribution in [-0.2, 0) is 36.6 Å². The van der Waals surface area contributed by atoms with Gasteiger partial charge in [-0.25, -0.2) is 17.6 Å². The molecule has 0 fully saturated rings. The van der Waals surface area contributed by atoms with Crippen LogP contribution in [0, 0.1) is 5.82 Å². The summed E-state index contributed by atoms with van der Waals surface area (Å²) in [7, 11) is -3.30. The Hall–Kier alpha value is -4.27. The lowest BCUT2D eigenvalue weighted by Gasteiger charge is -2.14. The first-order valence-electron chi connectivity index (χ1n) is 10.8. The number of nitrogens with zero attached hydrogens (tertiary/aromatic N) is 2. The summed E-state index contributed by atoms with van der Waals surface area (Å²) in [6.45, 7) is -0.245. The molecule has 0 spiro atoms. The van der Waals surface area contributed by atoms with Crippen LogP contribution >= 0.6 is 0 Å². The number of nitrogens with one attached hydrogen (secondary N) is 2. The molecule has 0 bridgehead atoms. The van der Waals surface area contributed by atoms with E-state index in [1.807, 2.05) is 0 Å². The van der Waals surface area contributed by atoms with Crippen LogP contribution < -0.4 is 27.1 Å². The molecule has 1 heterocycles. The van der Waals surface area contributed by atoms with Crippen LogP contribution in [-0.4, -0.2) is 56.8 Å². The number of benzene rings is 1. The highest BCUT2D eigenvalue weighted by atomic mass is 32.2. The average Bonchev–Trinajstić information content (AvgIpc) is 2.83. The van der Waals surface area contributed by atoms with E-state index in [4.69, 9.17) is 11.5 Å². The van der Waals surface area contributed by atoms with Gasteiger partial charge in [-0.15, -0.1) is 0 Å². The minimum atomic E-state index is -4.37. The summed E-state index contributed by atoms with van der Waals surface area (Å²) in [5.41, 5.74) is 8.46. The van der Waals surface area contributed by atoms with Crippen LogP contribution in [0.5, 0.6) is 0 Å². The van der Waals surface area contributed by atoms with Crippen LogP contribution in [0.3, 0.4) is 0 Å². The molecule has 0 aliphatic carbocycles. The van der Waals surface area contributed by atoms with Crippen molar-refractivity contribution >= 4 is 39.8 Å². The van der Waals surface area contributed by atoms with Gasteiger partial charge in [-0.05, 0) is 37.1 Å². The molecule has 13 nitrogen and oxygen atoms in total. The third-order valence-electron chi connectivity index (χ3n) is 4.94.